The molecule has 0 fully saturated rings. The van der Waals surface area contributed by atoms with E-state index in [1.165, 1.54) is 244 Å². The Labute approximate surface area is 418 Å². The van der Waals surface area contributed by atoms with Crippen LogP contribution in [0.25, 0.3) is 0 Å². The molecule has 0 bridgehead atoms. The summed E-state index contributed by atoms with van der Waals surface area (Å²) in [4.78, 5) is 24.5. The molecule has 0 aliphatic carbocycles. The molecule has 2 unspecified atom stereocenters. The SMILES string of the molecule is CCCCCC/C=C\CCCCCCCC(=O)OCCCCCCCCCCCCCCCCC(=O)NC(CO)C(O)/C=C/CCCCCCCCCCCCCCCCCCCCCCC. The van der Waals surface area contributed by atoms with Gasteiger partial charge in [-0.1, -0.05) is 282 Å². The largest absolute Gasteiger partial charge is 0.466 e. The predicted octanol–water partition coefficient (Wildman–Crippen LogP) is 18.6. The highest BCUT2D eigenvalue weighted by atomic mass is 16.5. The van der Waals surface area contributed by atoms with E-state index in [9.17, 15) is 19.8 Å². The summed E-state index contributed by atoms with van der Waals surface area (Å²) < 4.78 is 5.46. The normalized spacial score (nSPS) is 12.7. The van der Waals surface area contributed by atoms with Crippen molar-refractivity contribution in [2.45, 2.75) is 341 Å². The number of aliphatic hydroxyl groups excluding tert-OH is 2. The van der Waals surface area contributed by atoms with Gasteiger partial charge < -0.3 is 20.3 Å². The van der Waals surface area contributed by atoms with E-state index in [0.29, 0.717) is 19.4 Å². The lowest BCUT2D eigenvalue weighted by atomic mass is 10.0. The van der Waals surface area contributed by atoms with E-state index in [2.05, 4.69) is 31.3 Å². The number of carbonyl (C=O) groups is 2. The van der Waals surface area contributed by atoms with Gasteiger partial charge in [0.1, 0.15) is 0 Å². The average Bonchev–Trinajstić information content (AvgIpc) is 3.33. The van der Waals surface area contributed by atoms with Crippen molar-refractivity contribution in [3.05, 3.63) is 24.3 Å². The standard InChI is InChI=1S/C61H117NO5/c1-3-5-7-9-11-13-15-17-18-19-20-21-22-23-24-25-26-30-33-37-41-45-49-53-59(64)58(57-63)62-60(65)54-50-46-42-38-34-31-27-28-32-36-40-44-48-52-56-67-61(66)55-51-47-43-39-35-29-16-14-12-10-8-6-4-2/h14,16,49,53,58-59,63-64H,3-13,15,17-48,50-52,54-57H2,1-2H3,(H,62,65)/b16-14-,53-49+. The second-order valence-electron chi connectivity index (χ2n) is 20.7. The Bertz CT molecular complexity index is 1040. The minimum absolute atomic E-state index is 0.0121. The van der Waals surface area contributed by atoms with Crippen LogP contribution in [0.3, 0.4) is 0 Å². The van der Waals surface area contributed by atoms with E-state index >= 15 is 0 Å². The van der Waals surface area contributed by atoms with Gasteiger partial charge in [0.2, 0.25) is 5.91 Å². The summed E-state index contributed by atoms with van der Waals surface area (Å²) >= 11 is 0. The monoisotopic (exact) mass is 944 g/mol. The van der Waals surface area contributed by atoms with Crippen molar-refractivity contribution in [1.29, 1.82) is 0 Å². The third kappa shape index (κ3) is 53.5. The Morgan fingerprint density at radius 1 is 0.403 bits per heavy atom. The third-order valence-electron chi connectivity index (χ3n) is 14.0. The molecule has 67 heavy (non-hydrogen) atoms. The van der Waals surface area contributed by atoms with Crippen molar-refractivity contribution in [2.24, 2.45) is 0 Å². The molecule has 3 N–H and O–H groups in total. The molecule has 2 atom stereocenters. The molecule has 0 aromatic carbocycles. The van der Waals surface area contributed by atoms with Crippen molar-refractivity contribution < 1.29 is 24.5 Å². The van der Waals surface area contributed by atoms with E-state index in [-0.39, 0.29) is 18.5 Å². The molecular formula is C61H117NO5. The highest BCUT2D eigenvalue weighted by Crippen LogP contribution is 2.17. The highest BCUT2D eigenvalue weighted by molar-refractivity contribution is 5.76. The van der Waals surface area contributed by atoms with Gasteiger partial charge in [0.05, 0.1) is 25.4 Å². The lowest BCUT2D eigenvalue weighted by molar-refractivity contribution is -0.143. The van der Waals surface area contributed by atoms with Gasteiger partial charge >= 0.3 is 5.97 Å². The first-order valence-electron chi connectivity index (χ1n) is 30.1. The smallest absolute Gasteiger partial charge is 0.305 e. The van der Waals surface area contributed by atoms with Crippen molar-refractivity contribution in [1.82, 2.24) is 5.32 Å². The summed E-state index contributed by atoms with van der Waals surface area (Å²) in [5.74, 6) is -0.0878. The van der Waals surface area contributed by atoms with Crippen LogP contribution in [0.15, 0.2) is 24.3 Å². The molecule has 396 valence electrons. The maximum Gasteiger partial charge on any atom is 0.305 e. The number of hydrogen-bond donors (Lipinski definition) is 3. The van der Waals surface area contributed by atoms with Gasteiger partial charge in [-0.3, -0.25) is 9.59 Å². The maximum absolute atomic E-state index is 12.5. The Hall–Kier alpha value is -1.66. The average molecular weight is 945 g/mol. The molecule has 1 amide bonds. The molecule has 0 aliphatic heterocycles. The molecule has 0 aromatic heterocycles. The fourth-order valence-corrected chi connectivity index (χ4v) is 9.34. The van der Waals surface area contributed by atoms with Crippen LogP contribution in [0.5, 0.6) is 0 Å². The minimum atomic E-state index is -0.853. The van der Waals surface area contributed by atoms with E-state index in [1.807, 2.05) is 6.08 Å². The summed E-state index contributed by atoms with van der Waals surface area (Å²) in [5, 5.41) is 23.2. The Balaban J connectivity index is 3.48. The number of esters is 1. The highest BCUT2D eigenvalue weighted by Gasteiger charge is 2.18. The van der Waals surface area contributed by atoms with Crippen LogP contribution < -0.4 is 5.32 Å². The van der Waals surface area contributed by atoms with Crippen molar-refractivity contribution in [3.63, 3.8) is 0 Å². The number of ether oxygens (including phenoxy) is 1. The summed E-state index contributed by atoms with van der Waals surface area (Å²) in [6.07, 6.45) is 69.2. The third-order valence-corrected chi connectivity index (χ3v) is 14.0. The molecule has 0 spiro atoms. The molecular weight excluding hydrogens is 827 g/mol. The van der Waals surface area contributed by atoms with Crippen LogP contribution in [0.4, 0.5) is 0 Å². The van der Waals surface area contributed by atoms with Crippen molar-refractivity contribution in [3.8, 4) is 0 Å². The van der Waals surface area contributed by atoms with Gasteiger partial charge in [0.15, 0.2) is 0 Å². The van der Waals surface area contributed by atoms with Gasteiger partial charge in [-0.2, -0.15) is 0 Å². The van der Waals surface area contributed by atoms with Gasteiger partial charge in [-0.05, 0) is 57.8 Å². The van der Waals surface area contributed by atoms with Gasteiger partial charge in [0.25, 0.3) is 0 Å². The number of hydrogen-bond acceptors (Lipinski definition) is 5. The number of carbonyl (C=O) groups excluding carboxylic acids is 2. The molecule has 0 aliphatic rings. The number of unbranched alkanes of at least 4 members (excludes halogenated alkanes) is 43. The number of allylic oxidation sites excluding steroid dienone is 3. The Morgan fingerprint density at radius 3 is 1.07 bits per heavy atom. The first-order chi connectivity index (χ1) is 33.0. The van der Waals surface area contributed by atoms with Crippen LogP contribution in [0, 0.1) is 0 Å². The minimum Gasteiger partial charge on any atom is -0.466 e. The quantitative estimate of drug-likeness (QED) is 0.0321. The van der Waals surface area contributed by atoms with Crippen molar-refractivity contribution >= 4 is 11.9 Å². The lowest BCUT2D eigenvalue weighted by Gasteiger charge is -2.20. The number of amides is 1. The van der Waals surface area contributed by atoms with Crippen LogP contribution in [0.2, 0.25) is 0 Å². The molecule has 0 heterocycles. The fraction of sp³-hybridized carbons (Fsp3) is 0.902. The van der Waals surface area contributed by atoms with Gasteiger partial charge in [-0.15, -0.1) is 0 Å². The first-order valence-corrected chi connectivity index (χ1v) is 30.1. The van der Waals surface area contributed by atoms with Crippen LogP contribution >= 0.6 is 0 Å². The molecule has 0 radical (unpaired) electrons. The summed E-state index contributed by atoms with van der Waals surface area (Å²) in [7, 11) is 0. The summed E-state index contributed by atoms with van der Waals surface area (Å²) in [6.45, 7) is 4.88. The van der Waals surface area contributed by atoms with Crippen LogP contribution in [0.1, 0.15) is 328 Å². The summed E-state index contributed by atoms with van der Waals surface area (Å²) in [5.41, 5.74) is 0. The number of nitrogens with one attached hydrogen (secondary N) is 1. The Morgan fingerprint density at radius 2 is 0.701 bits per heavy atom. The van der Waals surface area contributed by atoms with E-state index in [4.69, 9.17) is 4.74 Å². The van der Waals surface area contributed by atoms with Crippen LogP contribution in [-0.2, 0) is 14.3 Å². The number of aliphatic hydroxyl groups is 2. The number of rotatable bonds is 56. The van der Waals surface area contributed by atoms with E-state index < -0.39 is 12.1 Å². The van der Waals surface area contributed by atoms with Gasteiger partial charge in [0, 0.05) is 12.8 Å². The molecule has 0 aromatic rings. The van der Waals surface area contributed by atoms with E-state index in [1.54, 1.807) is 6.08 Å². The zero-order valence-electron chi connectivity index (χ0n) is 45.1. The van der Waals surface area contributed by atoms with E-state index in [0.717, 1.165) is 57.8 Å². The second-order valence-corrected chi connectivity index (χ2v) is 20.7. The molecule has 6 heteroatoms. The lowest BCUT2D eigenvalue weighted by Crippen LogP contribution is -2.45. The zero-order valence-corrected chi connectivity index (χ0v) is 45.1. The maximum atomic E-state index is 12.5. The zero-order chi connectivity index (χ0) is 48.6. The fourth-order valence-electron chi connectivity index (χ4n) is 9.34. The first kappa shape index (κ1) is 65.3. The molecule has 6 nitrogen and oxygen atoms in total. The van der Waals surface area contributed by atoms with Crippen molar-refractivity contribution in [2.75, 3.05) is 13.2 Å². The van der Waals surface area contributed by atoms with Crippen LogP contribution in [-0.4, -0.2) is 47.4 Å². The predicted molar refractivity (Wildman–Crippen MR) is 292 cm³/mol. The molecule has 0 saturated heterocycles. The summed E-state index contributed by atoms with van der Waals surface area (Å²) in [6, 6.07) is -0.637. The molecule has 0 saturated carbocycles. The Kier molecular flexibility index (Phi) is 55.5. The topological polar surface area (TPSA) is 95.9 Å². The van der Waals surface area contributed by atoms with Gasteiger partial charge in [-0.25, -0.2) is 0 Å². The molecule has 0 rings (SSSR count). The second kappa shape index (κ2) is 56.9.